The molecule has 1 aromatic rings. The topological polar surface area (TPSA) is 21.6 Å². The summed E-state index contributed by atoms with van der Waals surface area (Å²) in [6.07, 6.45) is 2.58. The van der Waals surface area contributed by atoms with E-state index < -0.39 is 0 Å². The van der Waals surface area contributed by atoms with Crippen molar-refractivity contribution in [3.63, 3.8) is 0 Å². The molecule has 0 bridgehead atoms. The van der Waals surface area contributed by atoms with Crippen molar-refractivity contribution in [1.82, 2.24) is 0 Å². The van der Waals surface area contributed by atoms with Crippen molar-refractivity contribution in [2.45, 2.75) is 27.2 Å². The lowest BCUT2D eigenvalue weighted by Crippen LogP contribution is -2.14. The molecule has 17 heavy (non-hydrogen) atoms. The molecule has 0 unspecified atom stereocenters. The average Bonchev–Trinajstić information content (AvgIpc) is 2.28. The van der Waals surface area contributed by atoms with Gasteiger partial charge in [0, 0.05) is 0 Å². The van der Waals surface area contributed by atoms with Gasteiger partial charge in [-0.3, -0.25) is 0 Å². The summed E-state index contributed by atoms with van der Waals surface area (Å²) in [5.74, 6) is 0. The Labute approximate surface area is 104 Å². The van der Waals surface area contributed by atoms with Crippen LogP contribution in [0.3, 0.4) is 0 Å². The first kappa shape index (κ1) is 13.5. The highest BCUT2D eigenvalue weighted by Crippen LogP contribution is 2.22. The highest BCUT2D eigenvalue weighted by Gasteiger charge is 2.16. The van der Waals surface area contributed by atoms with Crippen LogP contribution in [0.5, 0.6) is 0 Å². The van der Waals surface area contributed by atoms with E-state index in [1.165, 1.54) is 0 Å². The third-order valence-corrected chi connectivity index (χ3v) is 2.17. The second-order valence-electron chi connectivity index (χ2n) is 5.23. The zero-order valence-electron chi connectivity index (χ0n) is 10.9. The SMILES string of the molecule is C=CCON=C(CC(C)(C)C)c1ccccc1. The lowest BCUT2D eigenvalue weighted by molar-refractivity contribution is 0.173. The Kier molecular flexibility index (Phi) is 4.95. The maximum atomic E-state index is 5.22. The Balaban J connectivity index is 2.86. The minimum absolute atomic E-state index is 0.187. The van der Waals surface area contributed by atoms with Crippen molar-refractivity contribution >= 4 is 5.71 Å². The van der Waals surface area contributed by atoms with E-state index in [-0.39, 0.29) is 5.41 Å². The lowest BCUT2D eigenvalue weighted by atomic mass is 9.87. The maximum Gasteiger partial charge on any atom is 0.135 e. The zero-order chi connectivity index (χ0) is 12.7. The van der Waals surface area contributed by atoms with Gasteiger partial charge >= 0.3 is 0 Å². The van der Waals surface area contributed by atoms with Gasteiger partial charge in [-0.15, -0.1) is 0 Å². The van der Waals surface area contributed by atoms with Gasteiger partial charge in [0.1, 0.15) is 6.61 Å². The standard InChI is InChI=1S/C15H21NO/c1-5-11-17-16-14(12-15(2,3)4)13-9-7-6-8-10-13/h5-10H,1,11-12H2,2-4H3. The summed E-state index contributed by atoms with van der Waals surface area (Å²) in [6, 6.07) is 10.1. The van der Waals surface area contributed by atoms with Crippen LogP contribution in [0.15, 0.2) is 48.1 Å². The fraction of sp³-hybridized carbons (Fsp3) is 0.400. The first-order valence-electron chi connectivity index (χ1n) is 5.88. The second kappa shape index (κ2) is 6.24. The van der Waals surface area contributed by atoms with Crippen LogP contribution in [-0.2, 0) is 4.84 Å². The van der Waals surface area contributed by atoms with Crippen LogP contribution in [0.4, 0.5) is 0 Å². The summed E-state index contributed by atoms with van der Waals surface area (Å²) in [5.41, 5.74) is 2.29. The highest BCUT2D eigenvalue weighted by atomic mass is 16.6. The molecule has 0 radical (unpaired) electrons. The van der Waals surface area contributed by atoms with Crippen molar-refractivity contribution < 1.29 is 4.84 Å². The van der Waals surface area contributed by atoms with Gasteiger partial charge in [-0.2, -0.15) is 0 Å². The van der Waals surface area contributed by atoms with E-state index in [1.807, 2.05) is 18.2 Å². The summed E-state index contributed by atoms with van der Waals surface area (Å²) in [4.78, 5) is 5.22. The molecule has 92 valence electrons. The van der Waals surface area contributed by atoms with E-state index in [9.17, 15) is 0 Å². The zero-order valence-corrected chi connectivity index (χ0v) is 10.9. The molecular formula is C15H21NO. The molecular weight excluding hydrogens is 210 g/mol. The van der Waals surface area contributed by atoms with E-state index in [0.29, 0.717) is 6.61 Å². The van der Waals surface area contributed by atoms with Crippen LogP contribution in [-0.4, -0.2) is 12.3 Å². The smallest absolute Gasteiger partial charge is 0.135 e. The molecule has 0 atom stereocenters. The number of benzene rings is 1. The van der Waals surface area contributed by atoms with Gasteiger partial charge in [0.2, 0.25) is 0 Å². The normalized spacial score (nSPS) is 12.3. The van der Waals surface area contributed by atoms with Crippen molar-refractivity contribution in [2.75, 3.05) is 6.61 Å². The van der Waals surface area contributed by atoms with Crippen LogP contribution in [0, 0.1) is 5.41 Å². The molecule has 1 rings (SSSR count). The maximum absolute atomic E-state index is 5.22. The molecule has 0 spiro atoms. The van der Waals surface area contributed by atoms with Gasteiger partial charge in [0.05, 0.1) is 5.71 Å². The first-order valence-corrected chi connectivity index (χ1v) is 5.88. The van der Waals surface area contributed by atoms with Gasteiger partial charge in [-0.1, -0.05) is 68.9 Å². The van der Waals surface area contributed by atoms with Crippen LogP contribution in [0.25, 0.3) is 0 Å². The molecule has 0 heterocycles. The summed E-state index contributed by atoms with van der Waals surface area (Å²) >= 11 is 0. The molecule has 0 aromatic heterocycles. The average molecular weight is 231 g/mol. The van der Waals surface area contributed by atoms with E-state index in [1.54, 1.807) is 6.08 Å². The number of hydrogen-bond donors (Lipinski definition) is 0. The summed E-state index contributed by atoms with van der Waals surface area (Å²) in [5, 5.41) is 4.21. The molecule has 0 amide bonds. The largest absolute Gasteiger partial charge is 0.391 e. The van der Waals surface area contributed by atoms with E-state index in [2.05, 4.69) is 44.6 Å². The Morgan fingerprint density at radius 2 is 1.94 bits per heavy atom. The van der Waals surface area contributed by atoms with E-state index in [4.69, 9.17) is 4.84 Å². The van der Waals surface area contributed by atoms with Gasteiger partial charge in [-0.25, -0.2) is 0 Å². The Hall–Kier alpha value is -1.57. The Morgan fingerprint density at radius 1 is 1.29 bits per heavy atom. The molecule has 0 saturated carbocycles. The molecule has 0 aliphatic rings. The quantitative estimate of drug-likeness (QED) is 0.324. The van der Waals surface area contributed by atoms with E-state index in [0.717, 1.165) is 17.7 Å². The first-order chi connectivity index (χ1) is 8.03. The van der Waals surface area contributed by atoms with Crippen LogP contribution >= 0.6 is 0 Å². The fourth-order valence-corrected chi connectivity index (χ4v) is 1.49. The van der Waals surface area contributed by atoms with Gasteiger partial charge in [0.15, 0.2) is 0 Å². The number of nitrogens with zero attached hydrogens (tertiary/aromatic N) is 1. The minimum Gasteiger partial charge on any atom is -0.391 e. The van der Waals surface area contributed by atoms with Gasteiger partial charge in [-0.05, 0) is 17.4 Å². The second-order valence-corrected chi connectivity index (χ2v) is 5.23. The third-order valence-electron chi connectivity index (χ3n) is 2.17. The number of rotatable bonds is 5. The lowest BCUT2D eigenvalue weighted by Gasteiger charge is -2.19. The monoisotopic (exact) mass is 231 g/mol. The molecule has 2 nitrogen and oxygen atoms in total. The van der Waals surface area contributed by atoms with Crippen LogP contribution in [0.1, 0.15) is 32.8 Å². The Morgan fingerprint density at radius 3 is 2.47 bits per heavy atom. The van der Waals surface area contributed by atoms with Crippen molar-refractivity contribution in [2.24, 2.45) is 10.6 Å². The summed E-state index contributed by atoms with van der Waals surface area (Å²) in [6.45, 7) is 10.6. The predicted octanol–water partition coefficient (Wildman–Crippen LogP) is 4.03. The van der Waals surface area contributed by atoms with Gasteiger partial charge in [0.25, 0.3) is 0 Å². The van der Waals surface area contributed by atoms with Crippen LogP contribution < -0.4 is 0 Å². The fourth-order valence-electron chi connectivity index (χ4n) is 1.49. The number of oxime groups is 1. The van der Waals surface area contributed by atoms with Crippen molar-refractivity contribution in [3.05, 3.63) is 48.6 Å². The molecule has 0 fully saturated rings. The summed E-state index contributed by atoms with van der Waals surface area (Å²) in [7, 11) is 0. The van der Waals surface area contributed by atoms with Crippen molar-refractivity contribution in [3.8, 4) is 0 Å². The third kappa shape index (κ3) is 5.34. The van der Waals surface area contributed by atoms with Gasteiger partial charge < -0.3 is 4.84 Å². The molecule has 0 N–H and O–H groups in total. The summed E-state index contributed by atoms with van der Waals surface area (Å²) < 4.78 is 0. The van der Waals surface area contributed by atoms with Crippen molar-refractivity contribution in [1.29, 1.82) is 0 Å². The highest BCUT2D eigenvalue weighted by molar-refractivity contribution is 6.00. The van der Waals surface area contributed by atoms with Crippen LogP contribution in [0.2, 0.25) is 0 Å². The molecule has 2 heteroatoms. The molecule has 0 aliphatic heterocycles. The Bertz CT molecular complexity index is 374. The number of hydrogen-bond acceptors (Lipinski definition) is 2. The molecule has 0 saturated heterocycles. The molecule has 0 aliphatic carbocycles. The molecule has 1 aromatic carbocycles. The van der Waals surface area contributed by atoms with E-state index >= 15 is 0 Å². The minimum atomic E-state index is 0.187. The predicted molar refractivity (Wildman–Crippen MR) is 73.2 cm³/mol.